The van der Waals surface area contributed by atoms with Gasteiger partial charge in [-0.1, -0.05) is 11.6 Å². The summed E-state index contributed by atoms with van der Waals surface area (Å²) in [4.78, 5) is 17.8. The third-order valence-electron chi connectivity index (χ3n) is 2.49. The van der Waals surface area contributed by atoms with Crippen LogP contribution in [0.5, 0.6) is 5.75 Å². The van der Waals surface area contributed by atoms with Crippen LogP contribution in [0.4, 0.5) is 0 Å². The molecule has 0 amide bonds. The molecule has 0 saturated carbocycles. The molecule has 2 aromatic rings. The van der Waals surface area contributed by atoms with E-state index >= 15 is 0 Å². The molecule has 0 radical (unpaired) electrons. The zero-order valence-electron chi connectivity index (χ0n) is 9.45. The van der Waals surface area contributed by atoms with Gasteiger partial charge in [0.05, 0.1) is 13.4 Å². The van der Waals surface area contributed by atoms with Crippen molar-refractivity contribution in [2.24, 2.45) is 0 Å². The van der Waals surface area contributed by atoms with Crippen LogP contribution in [0.3, 0.4) is 0 Å². The number of benzene rings is 1. The molecule has 4 nitrogen and oxygen atoms in total. The van der Waals surface area contributed by atoms with E-state index in [1.165, 1.54) is 6.33 Å². The average Bonchev–Trinajstić information content (AvgIpc) is 2.75. The van der Waals surface area contributed by atoms with E-state index in [1.54, 1.807) is 19.2 Å². The van der Waals surface area contributed by atoms with Gasteiger partial charge < -0.3 is 9.72 Å². The highest BCUT2D eigenvalue weighted by molar-refractivity contribution is 6.31. The van der Waals surface area contributed by atoms with Gasteiger partial charge in [0.25, 0.3) is 0 Å². The van der Waals surface area contributed by atoms with E-state index in [9.17, 15) is 4.79 Å². The van der Waals surface area contributed by atoms with Gasteiger partial charge in [0.1, 0.15) is 17.1 Å². The van der Waals surface area contributed by atoms with Crippen molar-refractivity contribution in [3.05, 3.63) is 34.7 Å². The lowest BCUT2D eigenvalue weighted by Crippen LogP contribution is -1.94. The number of rotatable bonds is 3. The molecule has 17 heavy (non-hydrogen) atoms. The van der Waals surface area contributed by atoms with Crippen LogP contribution < -0.4 is 4.74 Å². The maximum Gasteiger partial charge on any atom is 0.168 e. The number of aromatic nitrogens is 2. The van der Waals surface area contributed by atoms with Crippen molar-refractivity contribution in [1.82, 2.24) is 9.97 Å². The molecular weight excluding hydrogens is 240 g/mol. The predicted octanol–water partition coefficient (Wildman–Crippen LogP) is 2.86. The molecule has 88 valence electrons. The average molecular weight is 251 g/mol. The molecule has 5 heteroatoms. The molecule has 0 fully saturated rings. The molecule has 0 atom stereocenters. The van der Waals surface area contributed by atoms with Gasteiger partial charge in [0, 0.05) is 10.6 Å². The third-order valence-corrected chi connectivity index (χ3v) is 2.70. The third kappa shape index (κ3) is 2.03. The first-order valence-corrected chi connectivity index (χ1v) is 5.38. The second kappa shape index (κ2) is 4.59. The number of hydrogen-bond acceptors (Lipinski definition) is 3. The van der Waals surface area contributed by atoms with Crippen LogP contribution >= 0.6 is 11.6 Å². The Balaban J connectivity index is 2.70. The van der Waals surface area contributed by atoms with E-state index in [2.05, 4.69) is 9.97 Å². The molecule has 1 N–H and O–H groups in total. The Labute approximate surface area is 104 Å². The second-order valence-electron chi connectivity index (χ2n) is 3.59. The lowest BCUT2D eigenvalue weighted by atomic mass is 10.1. The number of imidazole rings is 1. The molecule has 0 aliphatic carbocycles. The first-order chi connectivity index (χ1) is 8.17. The fraction of sp³-hybridized carbons (Fsp3) is 0.167. The summed E-state index contributed by atoms with van der Waals surface area (Å²) in [5.41, 5.74) is 2.56. The van der Waals surface area contributed by atoms with Gasteiger partial charge in [0.15, 0.2) is 6.29 Å². The summed E-state index contributed by atoms with van der Waals surface area (Å²) in [6, 6.07) is 3.54. The van der Waals surface area contributed by atoms with Gasteiger partial charge in [0.2, 0.25) is 0 Å². The number of aryl methyl sites for hydroxylation is 1. The van der Waals surface area contributed by atoms with Crippen molar-refractivity contribution < 1.29 is 9.53 Å². The maximum absolute atomic E-state index is 10.9. The van der Waals surface area contributed by atoms with E-state index in [1.807, 2.05) is 6.92 Å². The minimum atomic E-state index is 0.407. The minimum absolute atomic E-state index is 0.407. The number of nitrogens with one attached hydrogen (secondary N) is 1. The van der Waals surface area contributed by atoms with Gasteiger partial charge in [-0.05, 0) is 24.6 Å². The first-order valence-electron chi connectivity index (χ1n) is 5.00. The number of carbonyl (C=O) groups excluding carboxylic acids is 1. The zero-order valence-corrected chi connectivity index (χ0v) is 10.2. The number of nitrogens with zero attached hydrogens (tertiary/aromatic N) is 1. The van der Waals surface area contributed by atoms with Crippen molar-refractivity contribution >= 4 is 17.9 Å². The lowest BCUT2D eigenvalue weighted by molar-refractivity contribution is 0.112. The maximum atomic E-state index is 10.9. The van der Waals surface area contributed by atoms with Crippen LogP contribution in [0.2, 0.25) is 5.02 Å². The van der Waals surface area contributed by atoms with Crippen molar-refractivity contribution in [3.63, 3.8) is 0 Å². The molecule has 0 unspecified atom stereocenters. The number of hydrogen-bond donors (Lipinski definition) is 1. The topological polar surface area (TPSA) is 55.0 Å². The number of carbonyl (C=O) groups is 1. The summed E-state index contributed by atoms with van der Waals surface area (Å²) >= 11 is 6.01. The normalized spacial score (nSPS) is 10.3. The SMILES string of the molecule is COc1c(C)cc(Cl)cc1-c1nc[nH]c1C=O. The second-order valence-corrected chi connectivity index (χ2v) is 4.02. The Hall–Kier alpha value is -1.81. The first kappa shape index (κ1) is 11.7. The summed E-state index contributed by atoms with van der Waals surface area (Å²) < 4.78 is 5.33. The fourth-order valence-corrected chi connectivity index (χ4v) is 2.06. The summed E-state index contributed by atoms with van der Waals surface area (Å²) in [6.07, 6.45) is 2.19. The Morgan fingerprint density at radius 1 is 1.47 bits per heavy atom. The van der Waals surface area contributed by atoms with Crippen LogP contribution in [0.25, 0.3) is 11.3 Å². The summed E-state index contributed by atoms with van der Waals surface area (Å²) in [7, 11) is 1.58. The Bertz CT molecular complexity index is 564. The highest BCUT2D eigenvalue weighted by Crippen LogP contribution is 2.35. The molecule has 2 rings (SSSR count). The Morgan fingerprint density at radius 2 is 2.24 bits per heavy atom. The fourth-order valence-electron chi connectivity index (χ4n) is 1.79. The molecule has 0 spiro atoms. The summed E-state index contributed by atoms with van der Waals surface area (Å²) in [5, 5.41) is 0.582. The van der Waals surface area contributed by atoms with Crippen LogP contribution in [-0.2, 0) is 0 Å². The van der Waals surface area contributed by atoms with Gasteiger partial charge >= 0.3 is 0 Å². The monoisotopic (exact) mass is 250 g/mol. The molecule has 0 aliphatic heterocycles. The van der Waals surface area contributed by atoms with E-state index in [0.717, 1.165) is 11.8 Å². The highest BCUT2D eigenvalue weighted by atomic mass is 35.5. The van der Waals surface area contributed by atoms with Crippen molar-refractivity contribution in [1.29, 1.82) is 0 Å². The van der Waals surface area contributed by atoms with Crippen molar-refractivity contribution in [3.8, 4) is 17.0 Å². The van der Waals surface area contributed by atoms with E-state index in [-0.39, 0.29) is 0 Å². The molecule has 0 saturated heterocycles. The largest absolute Gasteiger partial charge is 0.496 e. The summed E-state index contributed by atoms with van der Waals surface area (Å²) in [6.45, 7) is 1.89. The van der Waals surface area contributed by atoms with Gasteiger partial charge in [-0.3, -0.25) is 4.79 Å². The van der Waals surface area contributed by atoms with E-state index in [4.69, 9.17) is 16.3 Å². The van der Waals surface area contributed by atoms with E-state index < -0.39 is 0 Å². The quantitative estimate of drug-likeness (QED) is 0.853. The summed E-state index contributed by atoms with van der Waals surface area (Å²) in [5.74, 6) is 0.671. The van der Waals surface area contributed by atoms with Gasteiger partial charge in [-0.25, -0.2) is 4.98 Å². The lowest BCUT2D eigenvalue weighted by Gasteiger charge is -2.10. The number of aldehydes is 1. The van der Waals surface area contributed by atoms with Crippen LogP contribution in [0, 0.1) is 6.92 Å². The Morgan fingerprint density at radius 3 is 2.88 bits per heavy atom. The van der Waals surface area contributed by atoms with Crippen LogP contribution in [0.1, 0.15) is 16.1 Å². The number of aromatic amines is 1. The smallest absolute Gasteiger partial charge is 0.168 e. The molecule has 1 heterocycles. The number of ether oxygens (including phenoxy) is 1. The standard InChI is InChI=1S/C12H11ClN2O2/c1-7-3-8(13)4-9(12(7)17-2)11-10(5-16)14-6-15-11/h3-6H,1-2H3,(H,14,15). The van der Waals surface area contributed by atoms with E-state index in [0.29, 0.717) is 27.7 Å². The number of methoxy groups -OCH3 is 1. The van der Waals surface area contributed by atoms with Crippen LogP contribution in [-0.4, -0.2) is 23.4 Å². The zero-order chi connectivity index (χ0) is 12.4. The van der Waals surface area contributed by atoms with Crippen LogP contribution in [0.15, 0.2) is 18.5 Å². The highest BCUT2D eigenvalue weighted by Gasteiger charge is 2.15. The van der Waals surface area contributed by atoms with Crippen molar-refractivity contribution in [2.45, 2.75) is 6.92 Å². The number of H-pyrrole nitrogens is 1. The molecule has 1 aromatic heterocycles. The Kier molecular flexibility index (Phi) is 3.15. The van der Waals surface area contributed by atoms with Crippen molar-refractivity contribution in [2.75, 3.05) is 7.11 Å². The van der Waals surface area contributed by atoms with Gasteiger partial charge in [-0.2, -0.15) is 0 Å². The molecule has 0 aliphatic rings. The predicted molar refractivity (Wildman–Crippen MR) is 65.7 cm³/mol. The molecule has 1 aromatic carbocycles. The number of halogens is 1. The molecular formula is C12H11ClN2O2. The van der Waals surface area contributed by atoms with Gasteiger partial charge in [-0.15, -0.1) is 0 Å². The molecule has 0 bridgehead atoms. The minimum Gasteiger partial charge on any atom is -0.496 e.